The summed E-state index contributed by atoms with van der Waals surface area (Å²) in [4.78, 5) is 14.1. The van der Waals surface area contributed by atoms with Gasteiger partial charge in [0.2, 0.25) is 5.89 Å². The molecular formula is C22H18F2N8O2. The summed E-state index contributed by atoms with van der Waals surface area (Å²) in [6.07, 6.45) is 2.50. The van der Waals surface area contributed by atoms with Crippen LogP contribution in [-0.2, 0) is 13.1 Å². The predicted octanol–water partition coefficient (Wildman–Crippen LogP) is 3.65. The van der Waals surface area contributed by atoms with E-state index < -0.39 is 5.82 Å². The van der Waals surface area contributed by atoms with Gasteiger partial charge in [0, 0.05) is 18.7 Å². The highest BCUT2D eigenvalue weighted by Gasteiger charge is 2.20. The molecule has 5 aromatic rings. The molecule has 0 aliphatic heterocycles. The van der Waals surface area contributed by atoms with Crippen LogP contribution < -0.4 is 4.90 Å². The Kier molecular flexibility index (Phi) is 5.54. The van der Waals surface area contributed by atoms with E-state index in [9.17, 15) is 8.78 Å². The number of rotatable bonds is 7. The quantitative estimate of drug-likeness (QED) is 0.356. The molecule has 10 nitrogen and oxygen atoms in total. The second kappa shape index (κ2) is 8.81. The summed E-state index contributed by atoms with van der Waals surface area (Å²) in [5, 5.41) is 12.3. The molecule has 4 aromatic heterocycles. The zero-order valence-electron chi connectivity index (χ0n) is 18.2. The van der Waals surface area contributed by atoms with Crippen molar-refractivity contribution < 1.29 is 17.8 Å². The summed E-state index contributed by atoms with van der Waals surface area (Å²) < 4.78 is 40.5. The van der Waals surface area contributed by atoms with Crippen LogP contribution in [0.2, 0.25) is 0 Å². The molecular weight excluding hydrogens is 446 g/mol. The number of halogens is 2. The molecule has 4 heterocycles. The van der Waals surface area contributed by atoms with Gasteiger partial charge < -0.3 is 13.9 Å². The first kappa shape index (κ1) is 21.4. The molecule has 172 valence electrons. The Morgan fingerprint density at radius 2 is 1.88 bits per heavy atom. The monoisotopic (exact) mass is 464 g/mol. The lowest BCUT2D eigenvalue weighted by Gasteiger charge is -2.16. The number of hydrogen-bond acceptors (Lipinski definition) is 9. The van der Waals surface area contributed by atoms with Crippen molar-refractivity contribution >= 4 is 5.82 Å². The van der Waals surface area contributed by atoms with Crippen molar-refractivity contribution in [2.24, 2.45) is 0 Å². The Hall–Kier alpha value is -4.48. The van der Waals surface area contributed by atoms with Gasteiger partial charge in [-0.3, -0.25) is 4.68 Å². The van der Waals surface area contributed by atoms with Crippen LogP contribution in [0.3, 0.4) is 0 Å². The number of aromatic nitrogens is 7. The maximum Gasteiger partial charge on any atom is 0.246 e. The lowest BCUT2D eigenvalue weighted by atomic mass is 10.2. The van der Waals surface area contributed by atoms with Crippen LogP contribution in [0.4, 0.5) is 14.6 Å². The summed E-state index contributed by atoms with van der Waals surface area (Å²) in [5.74, 6) is 0.0402. The SMILES string of the molecule is Cc1noc(CN(C)c2nc(-c3cc(-c4ccon4)n(Cc4ccccc4F)n3)ncc2F)n1. The van der Waals surface area contributed by atoms with Crippen LogP contribution in [0.25, 0.3) is 22.9 Å². The van der Waals surface area contributed by atoms with E-state index in [2.05, 4.69) is 30.4 Å². The summed E-state index contributed by atoms with van der Waals surface area (Å²) in [7, 11) is 1.65. The third kappa shape index (κ3) is 4.25. The van der Waals surface area contributed by atoms with Crippen LogP contribution in [-0.4, -0.2) is 42.1 Å². The second-order valence-corrected chi connectivity index (χ2v) is 7.51. The first-order valence-corrected chi connectivity index (χ1v) is 10.2. The van der Waals surface area contributed by atoms with E-state index in [0.29, 0.717) is 34.4 Å². The lowest BCUT2D eigenvalue weighted by molar-refractivity contribution is 0.374. The van der Waals surface area contributed by atoms with Gasteiger partial charge in [0.15, 0.2) is 23.3 Å². The number of hydrogen-bond donors (Lipinski definition) is 0. The normalized spacial score (nSPS) is 11.2. The lowest BCUT2D eigenvalue weighted by Crippen LogP contribution is -2.20. The van der Waals surface area contributed by atoms with E-state index in [4.69, 9.17) is 9.05 Å². The van der Waals surface area contributed by atoms with E-state index >= 15 is 0 Å². The highest BCUT2D eigenvalue weighted by atomic mass is 19.1. The average Bonchev–Trinajstić information content (AvgIpc) is 3.57. The van der Waals surface area contributed by atoms with E-state index in [1.54, 1.807) is 49.0 Å². The second-order valence-electron chi connectivity index (χ2n) is 7.51. The molecule has 0 fully saturated rings. The molecule has 0 atom stereocenters. The summed E-state index contributed by atoms with van der Waals surface area (Å²) >= 11 is 0. The molecule has 0 spiro atoms. The number of benzene rings is 1. The fourth-order valence-corrected chi connectivity index (χ4v) is 3.42. The van der Waals surface area contributed by atoms with Gasteiger partial charge >= 0.3 is 0 Å². The summed E-state index contributed by atoms with van der Waals surface area (Å²) in [6, 6.07) is 9.77. The van der Waals surface area contributed by atoms with Crippen molar-refractivity contribution in [2.75, 3.05) is 11.9 Å². The minimum Gasteiger partial charge on any atom is -0.364 e. The Morgan fingerprint density at radius 1 is 1.03 bits per heavy atom. The molecule has 0 radical (unpaired) electrons. The molecule has 5 rings (SSSR count). The van der Waals surface area contributed by atoms with E-state index in [1.807, 2.05) is 0 Å². The van der Waals surface area contributed by atoms with Crippen molar-refractivity contribution in [1.29, 1.82) is 0 Å². The Balaban J connectivity index is 1.51. The average molecular weight is 464 g/mol. The van der Waals surface area contributed by atoms with Gasteiger partial charge in [0.1, 0.15) is 23.5 Å². The van der Waals surface area contributed by atoms with Crippen molar-refractivity contribution in [3.63, 3.8) is 0 Å². The van der Waals surface area contributed by atoms with Gasteiger partial charge in [-0.05, 0) is 19.1 Å². The highest BCUT2D eigenvalue weighted by Crippen LogP contribution is 2.26. The number of nitrogens with zero attached hydrogens (tertiary/aromatic N) is 8. The number of aryl methyl sites for hydroxylation is 1. The molecule has 34 heavy (non-hydrogen) atoms. The highest BCUT2D eigenvalue weighted by molar-refractivity contribution is 5.63. The Labute approximate surface area is 191 Å². The molecule has 1 aromatic carbocycles. The molecule has 0 bridgehead atoms. The third-order valence-electron chi connectivity index (χ3n) is 5.02. The minimum atomic E-state index is -0.620. The van der Waals surface area contributed by atoms with Gasteiger partial charge in [-0.25, -0.2) is 18.7 Å². The Bertz CT molecular complexity index is 1430. The predicted molar refractivity (Wildman–Crippen MR) is 115 cm³/mol. The molecule has 0 aliphatic rings. The van der Waals surface area contributed by atoms with Crippen molar-refractivity contribution in [1.82, 2.24) is 35.0 Å². The largest absolute Gasteiger partial charge is 0.364 e. The zero-order chi connectivity index (χ0) is 23.7. The fourth-order valence-electron chi connectivity index (χ4n) is 3.42. The van der Waals surface area contributed by atoms with Crippen LogP contribution in [0, 0.1) is 18.6 Å². The van der Waals surface area contributed by atoms with E-state index in [-0.39, 0.29) is 30.5 Å². The maximum atomic E-state index is 14.6. The van der Waals surface area contributed by atoms with Gasteiger partial charge in [0.25, 0.3) is 0 Å². The van der Waals surface area contributed by atoms with Gasteiger partial charge in [-0.1, -0.05) is 28.5 Å². The van der Waals surface area contributed by atoms with E-state index in [1.165, 1.54) is 17.2 Å². The smallest absolute Gasteiger partial charge is 0.246 e. The first-order chi connectivity index (χ1) is 16.5. The Morgan fingerprint density at radius 3 is 2.62 bits per heavy atom. The van der Waals surface area contributed by atoms with Gasteiger partial charge in [-0.2, -0.15) is 10.1 Å². The van der Waals surface area contributed by atoms with E-state index in [0.717, 1.165) is 6.20 Å². The van der Waals surface area contributed by atoms with Crippen molar-refractivity contribution in [3.05, 3.63) is 77.8 Å². The molecule has 0 N–H and O–H groups in total. The molecule has 0 aliphatic carbocycles. The van der Waals surface area contributed by atoms with Crippen LogP contribution >= 0.6 is 0 Å². The first-order valence-electron chi connectivity index (χ1n) is 10.2. The number of anilines is 1. The zero-order valence-corrected chi connectivity index (χ0v) is 18.2. The molecule has 0 unspecified atom stereocenters. The fraction of sp³-hybridized carbons (Fsp3) is 0.182. The molecule has 0 amide bonds. The van der Waals surface area contributed by atoms with Crippen LogP contribution in [0.15, 0.2) is 57.9 Å². The van der Waals surface area contributed by atoms with Gasteiger partial charge in [-0.15, -0.1) is 0 Å². The van der Waals surface area contributed by atoms with Gasteiger partial charge in [0.05, 0.1) is 25.0 Å². The third-order valence-corrected chi connectivity index (χ3v) is 5.02. The van der Waals surface area contributed by atoms with Crippen LogP contribution in [0.5, 0.6) is 0 Å². The standard InChI is InChI=1S/C22H18F2N8O2/c1-13-26-20(34-29-13)12-31(2)22-16(24)10-25-21(27-22)18-9-19(17-7-8-33-30-17)32(28-18)11-14-5-3-4-6-15(14)23/h3-10H,11-12H2,1-2H3. The maximum absolute atomic E-state index is 14.6. The van der Waals surface area contributed by atoms with Crippen LogP contribution in [0.1, 0.15) is 17.3 Å². The van der Waals surface area contributed by atoms with Crippen molar-refractivity contribution in [3.8, 4) is 22.9 Å². The summed E-state index contributed by atoms with van der Waals surface area (Å²) in [5.41, 5.74) is 1.87. The molecule has 0 saturated heterocycles. The topological polar surface area (TPSA) is 112 Å². The summed E-state index contributed by atoms with van der Waals surface area (Å²) in [6.45, 7) is 1.99. The minimum absolute atomic E-state index is 0.0347. The molecule has 12 heteroatoms. The van der Waals surface area contributed by atoms with Crippen molar-refractivity contribution in [2.45, 2.75) is 20.0 Å². The molecule has 0 saturated carbocycles.